The molecule has 1 amide bonds. The average Bonchev–Trinajstić information content (AvgIpc) is 2.25. The van der Waals surface area contributed by atoms with E-state index in [1.54, 1.807) is 5.32 Å². The van der Waals surface area contributed by atoms with E-state index in [0.29, 0.717) is 0 Å². The molecule has 0 unspecified atom stereocenters. The molecular formula is C8H7F3N2O3S. The number of carbonyl (C=O) groups excluding carboxylic acids is 1. The molecular weight excluding hydrogens is 261 g/mol. The van der Waals surface area contributed by atoms with Gasteiger partial charge in [0.15, 0.2) is 0 Å². The Hall–Kier alpha value is -1.64. The lowest BCUT2D eigenvalue weighted by Crippen LogP contribution is -2.36. The molecule has 9 heteroatoms. The number of hydrogen-bond acceptors (Lipinski definition) is 4. The van der Waals surface area contributed by atoms with Gasteiger partial charge in [0.05, 0.1) is 5.56 Å². The van der Waals surface area contributed by atoms with Gasteiger partial charge in [0.25, 0.3) is 15.7 Å². The van der Waals surface area contributed by atoms with Gasteiger partial charge in [-0.2, -0.15) is 13.2 Å². The van der Waals surface area contributed by atoms with Crippen molar-refractivity contribution in [1.82, 2.24) is 10.3 Å². The summed E-state index contributed by atoms with van der Waals surface area (Å²) in [5.74, 6) is -2.43. The number of rotatable bonds is 3. The first kappa shape index (κ1) is 13.4. The van der Waals surface area contributed by atoms with Crippen molar-refractivity contribution in [2.45, 2.75) is 5.51 Å². The molecule has 0 aromatic carbocycles. The first-order valence-electron chi connectivity index (χ1n) is 4.21. The lowest BCUT2D eigenvalue weighted by molar-refractivity contribution is -0.0436. The first-order chi connectivity index (χ1) is 7.74. The minimum Gasteiger partial charge on any atom is -0.338 e. The third-order valence-corrected chi connectivity index (χ3v) is 2.93. The molecule has 1 aromatic heterocycles. The molecule has 1 N–H and O–H groups in total. The van der Waals surface area contributed by atoms with Gasteiger partial charge in [-0.25, -0.2) is 8.42 Å². The van der Waals surface area contributed by atoms with Crippen LogP contribution in [0.1, 0.15) is 10.4 Å². The first-order valence-corrected chi connectivity index (χ1v) is 5.86. The number of nitrogens with one attached hydrogen (secondary N) is 1. The van der Waals surface area contributed by atoms with E-state index in [1.807, 2.05) is 0 Å². The number of nitrogens with zero attached hydrogens (tertiary/aromatic N) is 1. The van der Waals surface area contributed by atoms with Crippen molar-refractivity contribution in [3.63, 3.8) is 0 Å². The fraction of sp³-hybridized carbons (Fsp3) is 0.250. The Labute approximate surface area is 94.6 Å². The molecule has 0 atom stereocenters. The van der Waals surface area contributed by atoms with Gasteiger partial charge in [0.1, 0.15) is 5.88 Å². The molecule has 1 rings (SSSR count). The minimum absolute atomic E-state index is 0.0233. The number of alkyl halides is 3. The fourth-order valence-corrected chi connectivity index (χ4v) is 1.33. The molecule has 0 radical (unpaired) electrons. The van der Waals surface area contributed by atoms with E-state index in [1.165, 1.54) is 18.3 Å². The topological polar surface area (TPSA) is 76.1 Å². The average molecular weight is 268 g/mol. The van der Waals surface area contributed by atoms with E-state index in [4.69, 9.17) is 0 Å². The van der Waals surface area contributed by atoms with E-state index in [9.17, 15) is 26.4 Å². The van der Waals surface area contributed by atoms with Crippen LogP contribution in [0, 0.1) is 0 Å². The summed E-state index contributed by atoms with van der Waals surface area (Å²) in [5.41, 5.74) is -5.40. The Bertz CT molecular complexity index is 498. The second-order valence-corrected chi connectivity index (χ2v) is 4.93. The number of pyridine rings is 1. The Balaban J connectivity index is 2.68. The third kappa shape index (κ3) is 3.41. The number of halogens is 3. The number of amides is 1. The van der Waals surface area contributed by atoms with Crippen LogP contribution in [0.15, 0.2) is 24.5 Å². The highest BCUT2D eigenvalue weighted by molar-refractivity contribution is 7.92. The van der Waals surface area contributed by atoms with Crippen molar-refractivity contribution >= 4 is 15.7 Å². The quantitative estimate of drug-likeness (QED) is 0.875. The maximum atomic E-state index is 11.9. The molecule has 0 aliphatic heterocycles. The van der Waals surface area contributed by atoms with Crippen LogP contribution < -0.4 is 5.32 Å². The number of aromatic nitrogens is 1. The Morgan fingerprint density at radius 3 is 2.53 bits per heavy atom. The minimum atomic E-state index is -5.38. The highest BCUT2D eigenvalue weighted by Gasteiger charge is 2.45. The smallest absolute Gasteiger partial charge is 0.338 e. The molecule has 1 aromatic rings. The monoisotopic (exact) mass is 268 g/mol. The molecule has 0 fully saturated rings. The van der Waals surface area contributed by atoms with Gasteiger partial charge in [-0.05, 0) is 12.1 Å². The second-order valence-electron chi connectivity index (χ2n) is 2.95. The van der Waals surface area contributed by atoms with E-state index in [-0.39, 0.29) is 5.56 Å². The van der Waals surface area contributed by atoms with Gasteiger partial charge in [-0.3, -0.25) is 9.78 Å². The van der Waals surface area contributed by atoms with E-state index < -0.39 is 27.1 Å². The van der Waals surface area contributed by atoms with Gasteiger partial charge in [0, 0.05) is 12.4 Å². The Morgan fingerprint density at radius 1 is 1.41 bits per heavy atom. The second kappa shape index (κ2) is 4.70. The molecule has 0 aliphatic carbocycles. The molecule has 17 heavy (non-hydrogen) atoms. The molecule has 0 aliphatic rings. The normalized spacial score (nSPS) is 12.2. The molecule has 1 heterocycles. The predicted molar refractivity (Wildman–Crippen MR) is 51.5 cm³/mol. The summed E-state index contributed by atoms with van der Waals surface area (Å²) < 4.78 is 57.1. The summed E-state index contributed by atoms with van der Waals surface area (Å²) in [5, 5.41) is 1.66. The van der Waals surface area contributed by atoms with Crippen LogP contribution in [0.25, 0.3) is 0 Å². The SMILES string of the molecule is O=C(NCS(=O)(=O)C(F)(F)F)c1cccnc1. The maximum absolute atomic E-state index is 11.9. The molecule has 0 saturated carbocycles. The van der Waals surface area contributed by atoms with Gasteiger partial charge in [0.2, 0.25) is 0 Å². The van der Waals surface area contributed by atoms with Gasteiger partial charge in [-0.1, -0.05) is 0 Å². The molecule has 0 saturated heterocycles. The van der Waals surface area contributed by atoms with Crippen LogP contribution in [0.3, 0.4) is 0 Å². The van der Waals surface area contributed by atoms with Crippen LogP contribution in [-0.4, -0.2) is 30.7 Å². The summed E-state index contributed by atoms with van der Waals surface area (Å²) in [4.78, 5) is 14.8. The summed E-state index contributed by atoms with van der Waals surface area (Å²) in [6, 6.07) is 2.69. The van der Waals surface area contributed by atoms with Crippen molar-refractivity contribution in [2.75, 3.05) is 5.88 Å². The predicted octanol–water partition coefficient (Wildman–Crippen LogP) is 0.704. The standard InChI is InChI=1S/C8H7F3N2O3S/c9-8(10,11)17(15,16)5-13-7(14)6-2-1-3-12-4-6/h1-4H,5H2,(H,13,14). The molecule has 5 nitrogen and oxygen atoms in total. The lowest BCUT2D eigenvalue weighted by atomic mass is 10.3. The fourth-order valence-electron chi connectivity index (χ4n) is 0.842. The van der Waals surface area contributed by atoms with Crippen molar-refractivity contribution < 1.29 is 26.4 Å². The van der Waals surface area contributed by atoms with E-state index >= 15 is 0 Å². The van der Waals surface area contributed by atoms with Crippen LogP contribution >= 0.6 is 0 Å². The highest BCUT2D eigenvalue weighted by Crippen LogP contribution is 2.22. The van der Waals surface area contributed by atoms with Crippen LogP contribution in [0.5, 0.6) is 0 Å². The zero-order valence-electron chi connectivity index (χ0n) is 8.23. The van der Waals surface area contributed by atoms with E-state index in [2.05, 4.69) is 4.98 Å². The molecule has 94 valence electrons. The Morgan fingerprint density at radius 2 is 2.06 bits per heavy atom. The highest BCUT2D eigenvalue weighted by atomic mass is 32.2. The van der Waals surface area contributed by atoms with Crippen LogP contribution in [0.4, 0.5) is 13.2 Å². The zero-order valence-corrected chi connectivity index (χ0v) is 9.05. The number of carbonyl (C=O) groups is 1. The molecule has 0 bridgehead atoms. The number of hydrogen-bond donors (Lipinski definition) is 1. The Kier molecular flexibility index (Phi) is 3.71. The van der Waals surface area contributed by atoms with Crippen molar-refractivity contribution in [2.24, 2.45) is 0 Å². The summed E-state index contributed by atoms with van der Waals surface area (Å²) in [7, 11) is -5.35. The maximum Gasteiger partial charge on any atom is 0.499 e. The van der Waals surface area contributed by atoms with Gasteiger partial charge < -0.3 is 5.32 Å². The van der Waals surface area contributed by atoms with Gasteiger partial charge in [-0.15, -0.1) is 0 Å². The molecule has 0 spiro atoms. The van der Waals surface area contributed by atoms with Gasteiger partial charge >= 0.3 is 5.51 Å². The van der Waals surface area contributed by atoms with Crippen LogP contribution in [0.2, 0.25) is 0 Å². The van der Waals surface area contributed by atoms with E-state index in [0.717, 1.165) is 6.20 Å². The van der Waals surface area contributed by atoms with Crippen molar-refractivity contribution in [1.29, 1.82) is 0 Å². The van der Waals surface area contributed by atoms with Crippen LogP contribution in [-0.2, 0) is 9.84 Å². The lowest BCUT2D eigenvalue weighted by Gasteiger charge is -2.08. The number of sulfone groups is 1. The van der Waals surface area contributed by atoms with Crippen molar-refractivity contribution in [3.05, 3.63) is 30.1 Å². The summed E-state index contributed by atoms with van der Waals surface area (Å²) in [6.07, 6.45) is 2.47. The zero-order chi connectivity index (χ0) is 13.1. The summed E-state index contributed by atoms with van der Waals surface area (Å²) >= 11 is 0. The summed E-state index contributed by atoms with van der Waals surface area (Å²) in [6.45, 7) is 0. The third-order valence-electron chi connectivity index (χ3n) is 1.70. The van der Waals surface area contributed by atoms with Crippen molar-refractivity contribution in [3.8, 4) is 0 Å². The largest absolute Gasteiger partial charge is 0.499 e.